The summed E-state index contributed by atoms with van der Waals surface area (Å²) in [4.78, 5) is 20.1. The van der Waals surface area contributed by atoms with Crippen molar-refractivity contribution < 1.29 is 13.9 Å². The lowest BCUT2D eigenvalue weighted by atomic mass is 9.46. The lowest BCUT2D eigenvalue weighted by Gasteiger charge is -2.61. The number of carbonyl (C=O) groups excluding carboxylic acids is 1. The van der Waals surface area contributed by atoms with Crippen LogP contribution < -0.4 is 4.74 Å². The molecule has 2 unspecified atom stereocenters. The molecule has 0 radical (unpaired) electrons. The van der Waals surface area contributed by atoms with Crippen molar-refractivity contribution in [2.75, 3.05) is 13.1 Å². The highest BCUT2D eigenvalue weighted by Crippen LogP contribution is 2.64. The molecule has 31 heavy (non-hydrogen) atoms. The van der Waals surface area contributed by atoms with Crippen molar-refractivity contribution in [3.8, 4) is 5.75 Å². The summed E-state index contributed by atoms with van der Waals surface area (Å²) in [5, 5.41) is 4.50. The summed E-state index contributed by atoms with van der Waals surface area (Å²) in [5.41, 5.74) is -0.276. The second-order valence-corrected chi connectivity index (χ2v) is 10.4. The number of hydrogen-bond acceptors (Lipinski definition) is 4. The van der Waals surface area contributed by atoms with Gasteiger partial charge in [0.25, 0.3) is 0 Å². The minimum absolute atomic E-state index is 0.0312. The molecule has 1 aliphatic heterocycles. The maximum absolute atomic E-state index is 13.9. The van der Waals surface area contributed by atoms with Gasteiger partial charge in [-0.15, -0.1) is 0 Å². The summed E-state index contributed by atoms with van der Waals surface area (Å²) in [6.07, 6.45) is 11.6. The van der Waals surface area contributed by atoms with E-state index in [9.17, 15) is 9.18 Å². The van der Waals surface area contributed by atoms with Crippen LogP contribution >= 0.6 is 0 Å². The number of hydrogen-bond donors (Lipinski definition) is 0. The lowest BCUT2D eigenvalue weighted by molar-refractivity contribution is -0.168. The molecule has 1 aromatic heterocycles. The van der Waals surface area contributed by atoms with Gasteiger partial charge in [-0.05, 0) is 62.5 Å². The molecule has 1 saturated heterocycles. The average Bonchev–Trinajstić information content (AvgIpc) is 3.29. The second-order valence-electron chi connectivity index (χ2n) is 10.4. The normalized spacial score (nSPS) is 34.8. The third-order valence-electron chi connectivity index (χ3n) is 8.22. The molecule has 4 aliphatic carbocycles. The molecule has 1 amide bonds. The summed E-state index contributed by atoms with van der Waals surface area (Å²) in [6, 6.07) is 6.31. The fraction of sp³-hybridized carbons (Fsp3) is 0.625. The van der Waals surface area contributed by atoms with Crippen LogP contribution in [0.4, 0.5) is 4.39 Å². The van der Waals surface area contributed by atoms with E-state index in [1.54, 1.807) is 18.5 Å². The smallest absolute Gasteiger partial charge is 0.228 e. The Balaban J connectivity index is 1.16. The largest absolute Gasteiger partial charge is 0.490 e. The highest BCUT2D eigenvalue weighted by molar-refractivity contribution is 5.83. The molecule has 0 spiro atoms. The van der Waals surface area contributed by atoms with Gasteiger partial charge in [0.1, 0.15) is 30.3 Å². The fourth-order valence-electron chi connectivity index (χ4n) is 7.43. The SMILES string of the molecule is O=C(N1CCC(Oc2cccc(F)c2)CC1)C12CC3CC(C1)CC(n1cncn1)(C3)C2. The monoisotopic (exact) mass is 424 g/mol. The van der Waals surface area contributed by atoms with Crippen molar-refractivity contribution in [3.63, 3.8) is 0 Å². The summed E-state index contributed by atoms with van der Waals surface area (Å²) >= 11 is 0. The van der Waals surface area contributed by atoms with Crippen LogP contribution in [0, 0.1) is 23.1 Å². The summed E-state index contributed by atoms with van der Waals surface area (Å²) < 4.78 is 21.5. The Hall–Kier alpha value is -2.44. The first-order valence-electron chi connectivity index (χ1n) is 11.6. The zero-order chi connectivity index (χ0) is 21.1. The van der Waals surface area contributed by atoms with Crippen LogP contribution in [-0.2, 0) is 10.3 Å². The van der Waals surface area contributed by atoms with Crippen molar-refractivity contribution in [3.05, 3.63) is 42.7 Å². The number of carbonyl (C=O) groups is 1. The van der Waals surface area contributed by atoms with Gasteiger partial charge < -0.3 is 9.64 Å². The molecule has 4 saturated carbocycles. The van der Waals surface area contributed by atoms with E-state index in [0.29, 0.717) is 36.6 Å². The van der Waals surface area contributed by atoms with Crippen molar-refractivity contribution in [2.24, 2.45) is 17.3 Å². The molecule has 0 N–H and O–H groups in total. The van der Waals surface area contributed by atoms with Crippen LogP contribution in [0.2, 0.25) is 0 Å². The van der Waals surface area contributed by atoms with E-state index in [-0.39, 0.29) is 22.9 Å². The van der Waals surface area contributed by atoms with Gasteiger partial charge in [-0.3, -0.25) is 4.79 Å². The molecule has 7 heteroatoms. The van der Waals surface area contributed by atoms with Crippen molar-refractivity contribution in [1.29, 1.82) is 0 Å². The zero-order valence-corrected chi connectivity index (χ0v) is 17.8. The zero-order valence-electron chi connectivity index (χ0n) is 17.8. The molecule has 2 heterocycles. The number of aromatic nitrogens is 3. The second kappa shape index (κ2) is 7.04. The van der Waals surface area contributed by atoms with Gasteiger partial charge in [0.2, 0.25) is 5.91 Å². The van der Waals surface area contributed by atoms with E-state index in [0.717, 1.165) is 44.9 Å². The summed E-state index contributed by atoms with van der Waals surface area (Å²) in [6.45, 7) is 1.43. The number of rotatable bonds is 4. The Kier molecular flexibility index (Phi) is 4.37. The fourth-order valence-corrected chi connectivity index (χ4v) is 7.43. The van der Waals surface area contributed by atoms with Gasteiger partial charge in [-0.2, -0.15) is 5.10 Å². The van der Waals surface area contributed by atoms with Gasteiger partial charge in [-0.1, -0.05) is 6.07 Å². The Morgan fingerprint density at radius 1 is 1.13 bits per heavy atom. The van der Waals surface area contributed by atoms with Gasteiger partial charge >= 0.3 is 0 Å². The molecule has 5 fully saturated rings. The Morgan fingerprint density at radius 3 is 2.58 bits per heavy atom. The highest BCUT2D eigenvalue weighted by Gasteiger charge is 2.62. The van der Waals surface area contributed by atoms with E-state index in [1.807, 2.05) is 6.33 Å². The summed E-state index contributed by atoms with van der Waals surface area (Å²) in [5.74, 6) is 1.86. The molecule has 1 aromatic carbocycles. The van der Waals surface area contributed by atoms with E-state index >= 15 is 0 Å². The molecule has 7 rings (SSSR count). The Labute approximate surface area is 181 Å². The van der Waals surface area contributed by atoms with Gasteiger partial charge in [0, 0.05) is 32.0 Å². The number of piperidine rings is 1. The van der Waals surface area contributed by atoms with Gasteiger partial charge in [0.15, 0.2) is 0 Å². The number of likely N-dealkylation sites (tertiary alicyclic amines) is 1. The van der Waals surface area contributed by atoms with E-state index in [1.165, 1.54) is 18.6 Å². The highest BCUT2D eigenvalue weighted by atomic mass is 19.1. The lowest BCUT2D eigenvalue weighted by Crippen LogP contribution is -2.62. The predicted molar refractivity (Wildman–Crippen MR) is 112 cm³/mol. The number of ether oxygens (including phenoxy) is 1. The standard InChI is InChI=1S/C24H29FN4O2/c25-19-2-1-3-21(9-19)31-20-4-6-28(7-5-20)22(30)23-10-17-8-18(11-23)13-24(12-17,14-23)29-16-26-15-27-29/h1-3,9,15-18,20H,4-8,10-14H2. The van der Waals surface area contributed by atoms with Crippen molar-refractivity contribution in [2.45, 2.75) is 63.0 Å². The average molecular weight is 425 g/mol. The molecule has 5 aliphatic rings. The minimum Gasteiger partial charge on any atom is -0.490 e. The molecule has 2 aromatic rings. The first-order chi connectivity index (χ1) is 15.0. The van der Waals surface area contributed by atoms with Crippen LogP contribution in [0.5, 0.6) is 5.75 Å². The van der Waals surface area contributed by atoms with E-state index in [2.05, 4.69) is 19.7 Å². The Bertz CT molecular complexity index is 956. The van der Waals surface area contributed by atoms with Crippen LogP contribution in [-0.4, -0.2) is 44.8 Å². The maximum Gasteiger partial charge on any atom is 0.228 e. The molecule has 6 nitrogen and oxygen atoms in total. The van der Waals surface area contributed by atoms with Gasteiger partial charge in [-0.25, -0.2) is 14.1 Å². The number of amides is 1. The van der Waals surface area contributed by atoms with Crippen LogP contribution in [0.25, 0.3) is 0 Å². The molecule has 164 valence electrons. The number of nitrogens with zero attached hydrogens (tertiary/aromatic N) is 4. The molecular weight excluding hydrogens is 395 g/mol. The first kappa shape index (κ1) is 19.3. The van der Waals surface area contributed by atoms with E-state index < -0.39 is 0 Å². The van der Waals surface area contributed by atoms with Crippen LogP contribution in [0.3, 0.4) is 0 Å². The third-order valence-corrected chi connectivity index (χ3v) is 8.22. The number of benzene rings is 1. The van der Waals surface area contributed by atoms with Gasteiger partial charge in [0.05, 0.1) is 11.0 Å². The number of halogens is 1. The molecule has 4 bridgehead atoms. The molecular formula is C24H29FN4O2. The predicted octanol–water partition coefficient (Wildman–Crippen LogP) is 3.78. The van der Waals surface area contributed by atoms with Crippen LogP contribution in [0.1, 0.15) is 51.4 Å². The molecule has 2 atom stereocenters. The van der Waals surface area contributed by atoms with Crippen molar-refractivity contribution in [1.82, 2.24) is 19.7 Å². The Morgan fingerprint density at radius 2 is 1.90 bits per heavy atom. The third kappa shape index (κ3) is 3.24. The maximum atomic E-state index is 13.9. The van der Waals surface area contributed by atoms with Crippen molar-refractivity contribution >= 4 is 5.91 Å². The minimum atomic E-state index is -0.284. The quantitative estimate of drug-likeness (QED) is 0.749. The topological polar surface area (TPSA) is 60.2 Å². The van der Waals surface area contributed by atoms with Crippen LogP contribution in [0.15, 0.2) is 36.9 Å². The van der Waals surface area contributed by atoms with E-state index in [4.69, 9.17) is 4.74 Å². The first-order valence-corrected chi connectivity index (χ1v) is 11.6. The summed E-state index contributed by atoms with van der Waals surface area (Å²) in [7, 11) is 0.